The van der Waals surface area contributed by atoms with Crippen molar-refractivity contribution in [3.63, 3.8) is 0 Å². The van der Waals surface area contributed by atoms with Crippen LogP contribution in [0.2, 0.25) is 0 Å². The lowest BCUT2D eigenvalue weighted by atomic mass is 9.90. The first-order valence-electron chi connectivity index (χ1n) is 8.52. The predicted molar refractivity (Wildman–Crippen MR) is 90.4 cm³/mol. The smallest absolute Gasteiger partial charge is 0.341 e. The number of rotatable bonds is 5. The molecule has 1 aliphatic heterocycles. The molecule has 142 valence electrons. The van der Waals surface area contributed by atoms with Crippen LogP contribution in [0, 0.1) is 0 Å². The Labute approximate surface area is 150 Å². The molecule has 2 fully saturated rings. The van der Waals surface area contributed by atoms with Crippen molar-refractivity contribution in [3.05, 3.63) is 24.3 Å². The molecule has 0 aromatic heterocycles. The Morgan fingerprint density at radius 3 is 2.00 bits per heavy atom. The van der Waals surface area contributed by atoms with Crippen LogP contribution in [0.5, 0.6) is 0 Å². The van der Waals surface area contributed by atoms with Crippen LogP contribution in [0.15, 0.2) is 29.2 Å². The van der Waals surface area contributed by atoms with Gasteiger partial charge < -0.3 is 5.32 Å². The quantitative estimate of drug-likeness (QED) is 0.787. The van der Waals surface area contributed by atoms with Gasteiger partial charge in [0.2, 0.25) is 21.7 Å². The van der Waals surface area contributed by atoms with Crippen LogP contribution >= 0.6 is 0 Å². The van der Waals surface area contributed by atoms with Crippen molar-refractivity contribution in [2.24, 2.45) is 0 Å². The van der Waals surface area contributed by atoms with Gasteiger partial charge in [-0.05, 0) is 49.9 Å². The number of carbonyl (C=O) groups is 2. The van der Waals surface area contributed by atoms with Gasteiger partial charge in [-0.15, -0.1) is 0 Å². The fraction of sp³-hybridized carbons (Fsp3) is 0.529. The normalized spacial score (nSPS) is 24.3. The third-order valence-electron chi connectivity index (χ3n) is 4.94. The number of hydrogen-bond acceptors (Lipinski definition) is 5. The van der Waals surface area contributed by atoms with E-state index in [4.69, 9.17) is 0 Å². The molecule has 0 radical (unpaired) electrons. The second-order valence-corrected chi connectivity index (χ2v) is 8.56. The highest BCUT2D eigenvalue weighted by atomic mass is 32.2. The minimum absolute atomic E-state index is 0.0471. The zero-order valence-corrected chi connectivity index (χ0v) is 14.8. The number of hydrogen-bond donors (Lipinski definition) is 1. The first-order chi connectivity index (χ1) is 12.3. The van der Waals surface area contributed by atoms with Crippen molar-refractivity contribution in [3.8, 4) is 0 Å². The number of amides is 2. The van der Waals surface area contributed by atoms with E-state index in [0.29, 0.717) is 31.4 Å². The SMILES string of the molecule is O=C1CCC(=O)N1C1CCC(Nc2ccc(S(=O)(=O)C(F)F)cc2)CC1. The molecule has 0 unspecified atom stereocenters. The lowest BCUT2D eigenvalue weighted by Crippen LogP contribution is -2.43. The van der Waals surface area contributed by atoms with Gasteiger partial charge in [0.1, 0.15) is 0 Å². The molecule has 0 spiro atoms. The molecule has 3 rings (SSSR count). The molecule has 1 saturated heterocycles. The van der Waals surface area contributed by atoms with Gasteiger partial charge in [0, 0.05) is 30.6 Å². The van der Waals surface area contributed by atoms with E-state index in [9.17, 15) is 26.8 Å². The fourth-order valence-electron chi connectivity index (χ4n) is 3.56. The van der Waals surface area contributed by atoms with Gasteiger partial charge in [-0.1, -0.05) is 0 Å². The number of nitrogens with zero attached hydrogens (tertiary/aromatic N) is 1. The highest BCUT2D eigenvalue weighted by Crippen LogP contribution is 2.29. The van der Waals surface area contributed by atoms with Crippen LogP contribution in [-0.4, -0.2) is 43.0 Å². The summed E-state index contributed by atoms with van der Waals surface area (Å²) in [5.41, 5.74) is 0.648. The molecule has 9 heteroatoms. The van der Waals surface area contributed by atoms with Gasteiger partial charge in [-0.2, -0.15) is 8.78 Å². The standard InChI is InChI=1S/C17H20F2N2O4S/c18-17(19)26(24,25)14-7-3-12(4-8-14)20-11-1-5-13(6-2-11)21-15(22)9-10-16(21)23/h3-4,7-8,11,13,17,20H,1-2,5-6,9-10H2. The Balaban J connectivity index is 1.56. The van der Waals surface area contributed by atoms with Gasteiger partial charge in [0.15, 0.2) is 0 Å². The van der Waals surface area contributed by atoms with E-state index in [-0.39, 0.29) is 23.9 Å². The maximum absolute atomic E-state index is 12.5. The Kier molecular flexibility index (Phi) is 5.27. The molecule has 1 saturated carbocycles. The predicted octanol–water partition coefficient (Wildman–Crippen LogP) is 2.56. The first kappa shape index (κ1) is 18.8. The summed E-state index contributed by atoms with van der Waals surface area (Å²) >= 11 is 0. The van der Waals surface area contributed by atoms with Crippen molar-refractivity contribution in [1.82, 2.24) is 4.90 Å². The third-order valence-corrected chi connectivity index (χ3v) is 6.34. The molecule has 1 aliphatic carbocycles. The second kappa shape index (κ2) is 7.30. The Hall–Kier alpha value is -2.03. The van der Waals surface area contributed by atoms with Crippen LogP contribution in [0.1, 0.15) is 38.5 Å². The summed E-state index contributed by atoms with van der Waals surface area (Å²) in [6, 6.07) is 5.34. The van der Waals surface area contributed by atoms with Crippen LogP contribution < -0.4 is 5.32 Å². The van der Waals surface area contributed by atoms with Gasteiger partial charge in [0.25, 0.3) is 0 Å². The Bertz CT molecular complexity index is 771. The van der Waals surface area contributed by atoms with E-state index in [1.807, 2.05) is 0 Å². The van der Waals surface area contributed by atoms with Crippen molar-refractivity contribution >= 4 is 27.3 Å². The summed E-state index contributed by atoms with van der Waals surface area (Å²) in [7, 11) is -4.58. The number of carbonyl (C=O) groups excluding carboxylic acids is 2. The zero-order valence-electron chi connectivity index (χ0n) is 14.0. The summed E-state index contributed by atoms with van der Waals surface area (Å²) in [6.07, 6.45) is 3.55. The van der Waals surface area contributed by atoms with Gasteiger partial charge in [-0.3, -0.25) is 14.5 Å². The van der Waals surface area contributed by atoms with Crippen LogP contribution in [0.25, 0.3) is 0 Å². The van der Waals surface area contributed by atoms with E-state index in [2.05, 4.69) is 5.32 Å². The number of anilines is 1. The number of imide groups is 1. The summed E-state index contributed by atoms with van der Waals surface area (Å²) in [5.74, 6) is -3.63. The van der Waals surface area contributed by atoms with Crippen molar-refractivity contribution < 1.29 is 26.8 Å². The van der Waals surface area contributed by atoms with E-state index in [1.54, 1.807) is 0 Å². The number of sulfone groups is 1. The summed E-state index contributed by atoms with van der Waals surface area (Å²) in [6.45, 7) is 0. The van der Waals surface area contributed by atoms with E-state index in [0.717, 1.165) is 25.0 Å². The average molecular weight is 386 g/mol. The average Bonchev–Trinajstić information content (AvgIpc) is 2.95. The van der Waals surface area contributed by atoms with E-state index < -0.39 is 20.5 Å². The van der Waals surface area contributed by atoms with E-state index in [1.165, 1.54) is 17.0 Å². The Morgan fingerprint density at radius 2 is 1.50 bits per heavy atom. The number of nitrogens with one attached hydrogen (secondary N) is 1. The summed E-state index contributed by atoms with van der Waals surface area (Å²) < 4.78 is 47.9. The lowest BCUT2D eigenvalue weighted by molar-refractivity contribution is -0.141. The topological polar surface area (TPSA) is 83.6 Å². The molecular weight excluding hydrogens is 366 g/mol. The Morgan fingerprint density at radius 1 is 0.962 bits per heavy atom. The number of alkyl halides is 2. The molecule has 0 bridgehead atoms. The monoisotopic (exact) mass is 386 g/mol. The van der Waals surface area contributed by atoms with Crippen LogP contribution in [0.3, 0.4) is 0 Å². The summed E-state index contributed by atoms with van der Waals surface area (Å²) in [4.78, 5) is 24.6. The summed E-state index contributed by atoms with van der Waals surface area (Å²) in [5, 5.41) is 3.25. The first-order valence-corrected chi connectivity index (χ1v) is 10.1. The minimum atomic E-state index is -4.58. The molecule has 2 amide bonds. The van der Waals surface area contributed by atoms with Gasteiger partial charge >= 0.3 is 5.76 Å². The molecule has 6 nitrogen and oxygen atoms in total. The molecule has 1 heterocycles. The molecule has 26 heavy (non-hydrogen) atoms. The van der Waals surface area contributed by atoms with Crippen LogP contribution in [0.4, 0.5) is 14.5 Å². The molecule has 2 aliphatic rings. The van der Waals surface area contributed by atoms with E-state index >= 15 is 0 Å². The maximum atomic E-state index is 12.5. The van der Waals surface area contributed by atoms with Gasteiger partial charge in [-0.25, -0.2) is 8.42 Å². The highest BCUT2D eigenvalue weighted by molar-refractivity contribution is 7.91. The second-order valence-electron chi connectivity index (χ2n) is 6.64. The highest BCUT2D eigenvalue weighted by Gasteiger charge is 2.36. The minimum Gasteiger partial charge on any atom is -0.382 e. The van der Waals surface area contributed by atoms with Crippen LogP contribution in [-0.2, 0) is 19.4 Å². The molecule has 1 aromatic rings. The van der Waals surface area contributed by atoms with Gasteiger partial charge in [0.05, 0.1) is 4.90 Å². The fourth-order valence-corrected chi connectivity index (χ4v) is 4.28. The molecule has 1 aromatic carbocycles. The molecular formula is C17H20F2N2O4S. The number of halogens is 2. The number of likely N-dealkylation sites (tertiary alicyclic amines) is 1. The number of benzene rings is 1. The maximum Gasteiger partial charge on any atom is 0.341 e. The van der Waals surface area contributed by atoms with Crippen molar-refractivity contribution in [2.45, 2.75) is 61.3 Å². The van der Waals surface area contributed by atoms with Crippen molar-refractivity contribution in [1.29, 1.82) is 0 Å². The van der Waals surface area contributed by atoms with Crippen molar-refractivity contribution in [2.75, 3.05) is 5.32 Å². The third kappa shape index (κ3) is 3.72. The molecule has 0 atom stereocenters. The molecule has 1 N–H and O–H groups in total. The lowest BCUT2D eigenvalue weighted by Gasteiger charge is -2.34. The largest absolute Gasteiger partial charge is 0.382 e. The zero-order chi connectivity index (χ0) is 18.9.